The number of rotatable bonds is 0. The molecule has 0 aliphatic heterocycles. The minimum atomic E-state index is -1.11. The predicted octanol–water partition coefficient (Wildman–Crippen LogP) is -2.96. The average molecular weight is 256 g/mol. The molecule has 0 fully saturated rings. The fourth-order valence-electron chi connectivity index (χ4n) is 1.01. The minimum absolute atomic E-state index is 0. The van der Waals surface area contributed by atoms with E-state index in [1.807, 2.05) is 41.5 Å². The molecule has 0 saturated heterocycles. The summed E-state index contributed by atoms with van der Waals surface area (Å²) >= 11 is 0. The molecule has 0 amide bonds. The SMILES string of the molecule is CC(C)(C)[P+](=O)C(C)(C)C.[Cl-].[Cl-].[Mg+2]. The first-order chi connectivity index (χ1) is 4.15. The molecular formula is C8H18Cl2MgOP+. The van der Waals surface area contributed by atoms with Crippen LogP contribution in [-0.4, -0.2) is 33.4 Å². The summed E-state index contributed by atoms with van der Waals surface area (Å²) in [5.74, 6) is 0. The van der Waals surface area contributed by atoms with Gasteiger partial charge in [0.2, 0.25) is 0 Å². The molecule has 76 valence electrons. The van der Waals surface area contributed by atoms with Crippen LogP contribution in [-0.2, 0) is 4.57 Å². The van der Waals surface area contributed by atoms with E-state index in [0.717, 1.165) is 0 Å². The molecule has 0 aromatic heterocycles. The van der Waals surface area contributed by atoms with Gasteiger partial charge >= 0.3 is 30.9 Å². The van der Waals surface area contributed by atoms with Gasteiger partial charge in [0.1, 0.15) is 0 Å². The Labute approximate surface area is 112 Å². The molecular weight excluding hydrogens is 238 g/mol. The Morgan fingerprint density at radius 3 is 0.923 bits per heavy atom. The monoisotopic (exact) mass is 255 g/mol. The van der Waals surface area contributed by atoms with Crippen LogP contribution in [0.4, 0.5) is 0 Å². The first-order valence-electron chi connectivity index (χ1n) is 3.63. The summed E-state index contributed by atoms with van der Waals surface area (Å²) < 4.78 is 11.6. The normalized spacial score (nSPS) is 10.3. The van der Waals surface area contributed by atoms with Gasteiger partial charge in [-0.05, 0) is 41.5 Å². The topological polar surface area (TPSA) is 17.1 Å². The third kappa shape index (κ3) is 9.74. The molecule has 0 heterocycles. The fourth-order valence-corrected chi connectivity index (χ4v) is 3.02. The van der Waals surface area contributed by atoms with Crippen LogP contribution in [0.15, 0.2) is 0 Å². The van der Waals surface area contributed by atoms with Crippen molar-refractivity contribution >= 4 is 30.9 Å². The standard InChI is InChI=1S/C8H18OP.2ClH.Mg/c1-7(2,3)10(9)8(4,5)6;;;/h1-6H3;2*1H;/q+1;;;+2/p-2. The van der Waals surface area contributed by atoms with Crippen LogP contribution in [0.2, 0.25) is 0 Å². The zero-order valence-electron chi connectivity index (χ0n) is 9.32. The van der Waals surface area contributed by atoms with Gasteiger partial charge in [-0.1, -0.05) is 4.57 Å². The Hall–Kier alpha value is 1.45. The summed E-state index contributed by atoms with van der Waals surface area (Å²) in [4.78, 5) is 0. The maximum atomic E-state index is 11.6. The summed E-state index contributed by atoms with van der Waals surface area (Å²) in [6.45, 7) is 12.1. The van der Waals surface area contributed by atoms with Crippen LogP contribution >= 0.6 is 7.80 Å². The Balaban J connectivity index is -0.000000135. The van der Waals surface area contributed by atoms with Crippen LogP contribution < -0.4 is 24.8 Å². The molecule has 0 bridgehead atoms. The van der Waals surface area contributed by atoms with Crippen molar-refractivity contribution in [2.75, 3.05) is 0 Å². The quantitative estimate of drug-likeness (QED) is 0.334. The number of hydrogen-bond donors (Lipinski definition) is 0. The summed E-state index contributed by atoms with van der Waals surface area (Å²) in [5, 5.41) is -0.0961. The molecule has 0 unspecified atom stereocenters. The van der Waals surface area contributed by atoms with Gasteiger partial charge in [0, 0.05) is 0 Å². The Kier molecular flexibility index (Phi) is 14.2. The van der Waals surface area contributed by atoms with Crippen molar-refractivity contribution in [3.05, 3.63) is 0 Å². The first-order valence-corrected chi connectivity index (χ1v) is 4.89. The first kappa shape index (κ1) is 23.9. The molecule has 0 aliphatic rings. The van der Waals surface area contributed by atoms with Crippen molar-refractivity contribution in [2.45, 2.75) is 51.9 Å². The number of hydrogen-bond acceptors (Lipinski definition) is 1. The molecule has 1 nitrogen and oxygen atoms in total. The second kappa shape index (κ2) is 7.70. The van der Waals surface area contributed by atoms with Gasteiger partial charge in [0.15, 0.2) is 10.3 Å². The Morgan fingerprint density at radius 1 is 0.769 bits per heavy atom. The van der Waals surface area contributed by atoms with E-state index in [9.17, 15) is 4.57 Å². The molecule has 0 spiro atoms. The number of halogens is 2. The van der Waals surface area contributed by atoms with Crippen molar-refractivity contribution in [1.29, 1.82) is 0 Å². The molecule has 0 atom stereocenters. The third-order valence-corrected chi connectivity index (χ3v) is 3.66. The molecule has 0 rings (SSSR count). The van der Waals surface area contributed by atoms with Gasteiger partial charge in [0.25, 0.3) is 0 Å². The van der Waals surface area contributed by atoms with Crippen molar-refractivity contribution in [2.24, 2.45) is 0 Å². The summed E-state index contributed by atoms with van der Waals surface area (Å²) in [6.07, 6.45) is 0. The van der Waals surface area contributed by atoms with Gasteiger partial charge in [-0.2, -0.15) is 0 Å². The minimum Gasteiger partial charge on any atom is -1.00 e. The van der Waals surface area contributed by atoms with Crippen LogP contribution in [0.25, 0.3) is 0 Å². The van der Waals surface area contributed by atoms with Crippen molar-refractivity contribution in [3.8, 4) is 0 Å². The van der Waals surface area contributed by atoms with E-state index < -0.39 is 7.80 Å². The van der Waals surface area contributed by atoms with E-state index in [0.29, 0.717) is 0 Å². The van der Waals surface area contributed by atoms with Gasteiger partial charge in [-0.25, -0.2) is 0 Å². The second-order valence-corrected chi connectivity index (χ2v) is 7.91. The third-order valence-electron chi connectivity index (χ3n) is 1.22. The van der Waals surface area contributed by atoms with Crippen molar-refractivity contribution < 1.29 is 29.4 Å². The van der Waals surface area contributed by atoms with Gasteiger partial charge in [-0.3, -0.25) is 0 Å². The van der Waals surface area contributed by atoms with E-state index >= 15 is 0 Å². The molecule has 0 radical (unpaired) electrons. The molecule has 13 heavy (non-hydrogen) atoms. The fraction of sp³-hybridized carbons (Fsp3) is 1.00. The van der Waals surface area contributed by atoms with Crippen LogP contribution in [0.5, 0.6) is 0 Å². The van der Waals surface area contributed by atoms with E-state index in [2.05, 4.69) is 0 Å². The summed E-state index contributed by atoms with van der Waals surface area (Å²) in [5.41, 5.74) is 0. The predicted molar refractivity (Wildman–Crippen MR) is 52.9 cm³/mol. The van der Waals surface area contributed by atoms with Crippen LogP contribution in [0.1, 0.15) is 41.5 Å². The van der Waals surface area contributed by atoms with E-state index in [4.69, 9.17) is 0 Å². The van der Waals surface area contributed by atoms with Crippen LogP contribution in [0, 0.1) is 0 Å². The van der Waals surface area contributed by atoms with Crippen molar-refractivity contribution in [3.63, 3.8) is 0 Å². The van der Waals surface area contributed by atoms with E-state index in [1.54, 1.807) is 0 Å². The summed E-state index contributed by atoms with van der Waals surface area (Å²) in [7, 11) is -1.11. The zero-order valence-corrected chi connectivity index (χ0v) is 13.1. The zero-order chi connectivity index (χ0) is 8.58. The van der Waals surface area contributed by atoms with Gasteiger partial charge in [-0.15, -0.1) is 0 Å². The largest absolute Gasteiger partial charge is 2.00 e. The van der Waals surface area contributed by atoms with E-state index in [-0.39, 0.29) is 58.2 Å². The Bertz CT molecular complexity index is 133. The molecule has 0 aliphatic carbocycles. The molecule has 0 aromatic rings. The van der Waals surface area contributed by atoms with Crippen molar-refractivity contribution in [1.82, 2.24) is 0 Å². The Morgan fingerprint density at radius 2 is 0.923 bits per heavy atom. The second-order valence-electron chi connectivity index (χ2n) is 4.64. The van der Waals surface area contributed by atoms with Crippen LogP contribution in [0.3, 0.4) is 0 Å². The van der Waals surface area contributed by atoms with E-state index in [1.165, 1.54) is 0 Å². The van der Waals surface area contributed by atoms with Gasteiger partial charge < -0.3 is 24.8 Å². The smallest absolute Gasteiger partial charge is 1.00 e. The summed E-state index contributed by atoms with van der Waals surface area (Å²) in [6, 6.07) is 0. The van der Waals surface area contributed by atoms with Gasteiger partial charge in [0.05, 0.1) is 0 Å². The molecule has 0 aromatic carbocycles. The maximum absolute atomic E-state index is 11.6. The molecule has 0 saturated carbocycles. The maximum Gasteiger partial charge on any atom is 2.00 e. The average Bonchev–Trinajstić information content (AvgIpc) is 1.59. The molecule has 5 heteroatoms. The molecule has 0 N–H and O–H groups in total.